The number of rotatable bonds is 4. The molecule has 4 nitrogen and oxygen atoms in total. The highest BCUT2D eigenvalue weighted by molar-refractivity contribution is 6.11. The number of pyridine rings is 1. The molecule has 1 N–H and O–H groups in total. The molecule has 1 aromatic heterocycles. The first-order valence-electron chi connectivity index (χ1n) is 19.2. The number of nitrogens with zero attached hydrogens (tertiary/aromatic N) is 3. The molecule has 1 unspecified atom stereocenters. The average Bonchev–Trinajstić information content (AvgIpc) is 3.76. The molecule has 0 fully saturated rings. The van der Waals surface area contributed by atoms with E-state index in [-0.39, 0.29) is 6.04 Å². The predicted octanol–water partition coefficient (Wildman–Crippen LogP) is 11.8. The molecule has 1 atom stereocenters. The monoisotopic (exact) mass is 724 g/mol. The minimum Gasteiger partial charge on any atom is -0.373 e. The smallest absolute Gasteiger partial charge is 0.141 e. The Morgan fingerprint density at radius 2 is 1.12 bits per heavy atom. The van der Waals surface area contributed by atoms with Gasteiger partial charge in [0.25, 0.3) is 0 Å². The lowest BCUT2D eigenvalue weighted by Gasteiger charge is -2.31. The van der Waals surface area contributed by atoms with Crippen molar-refractivity contribution in [1.82, 2.24) is 10.3 Å². The molecule has 4 heteroatoms. The van der Waals surface area contributed by atoms with Crippen LogP contribution in [0.5, 0.6) is 0 Å². The maximum absolute atomic E-state index is 9.54. The Labute approximate surface area is 331 Å². The highest BCUT2D eigenvalue weighted by atomic mass is 14.9. The number of nitriles is 2. The SMILES string of the molecule is N#Cc1cc(-c2ccc(-c3ccc4c(c3)C3(c5ccccc5-c5ccccc53)c3cc(-c5ccc(C6=CC(C#N)NC=C6)cc5)c5ccccc5c3-4)cc2)ccn1. The molecule has 7 aromatic carbocycles. The maximum atomic E-state index is 9.54. The molecule has 1 aliphatic heterocycles. The first-order chi connectivity index (χ1) is 28.1. The zero-order chi connectivity index (χ0) is 38.1. The van der Waals surface area contributed by atoms with E-state index in [0.29, 0.717) is 5.69 Å². The van der Waals surface area contributed by atoms with Gasteiger partial charge in [0.2, 0.25) is 0 Å². The van der Waals surface area contributed by atoms with E-state index in [1.807, 2.05) is 30.5 Å². The van der Waals surface area contributed by atoms with Gasteiger partial charge in [-0.1, -0.05) is 133 Å². The summed E-state index contributed by atoms with van der Waals surface area (Å²) in [7, 11) is 0. The lowest BCUT2D eigenvalue weighted by atomic mass is 9.69. The largest absolute Gasteiger partial charge is 0.373 e. The maximum Gasteiger partial charge on any atom is 0.141 e. The summed E-state index contributed by atoms with van der Waals surface area (Å²) in [6, 6.07) is 61.6. The van der Waals surface area contributed by atoms with Crippen molar-refractivity contribution in [3.63, 3.8) is 0 Å². The summed E-state index contributed by atoms with van der Waals surface area (Å²) in [6.07, 6.45) is 7.55. The zero-order valence-electron chi connectivity index (χ0n) is 30.7. The van der Waals surface area contributed by atoms with E-state index in [2.05, 4.69) is 168 Å². The van der Waals surface area contributed by atoms with Gasteiger partial charge in [0.05, 0.1) is 11.5 Å². The molecule has 264 valence electrons. The minimum atomic E-state index is -0.533. The Balaban J connectivity index is 1.13. The Bertz CT molecular complexity index is 3070. The van der Waals surface area contributed by atoms with E-state index in [1.165, 1.54) is 60.8 Å². The lowest BCUT2D eigenvalue weighted by Crippen LogP contribution is -2.26. The van der Waals surface area contributed by atoms with Crippen molar-refractivity contribution in [1.29, 1.82) is 10.5 Å². The molecule has 2 heterocycles. The van der Waals surface area contributed by atoms with E-state index in [4.69, 9.17) is 0 Å². The second kappa shape index (κ2) is 12.6. The molecule has 57 heavy (non-hydrogen) atoms. The number of hydrogen-bond donors (Lipinski definition) is 1. The molecule has 2 aliphatic carbocycles. The van der Waals surface area contributed by atoms with E-state index in [9.17, 15) is 10.5 Å². The van der Waals surface area contributed by atoms with Gasteiger partial charge in [-0.05, 0) is 142 Å². The van der Waals surface area contributed by atoms with Crippen molar-refractivity contribution in [3.05, 3.63) is 216 Å². The van der Waals surface area contributed by atoms with E-state index in [1.54, 1.807) is 6.20 Å². The fourth-order valence-electron chi connectivity index (χ4n) is 9.57. The summed E-state index contributed by atoms with van der Waals surface area (Å²) in [4.78, 5) is 4.16. The molecular weight excluding hydrogens is 693 g/mol. The molecular formula is C53H32N4. The number of benzene rings is 7. The Morgan fingerprint density at radius 3 is 1.82 bits per heavy atom. The highest BCUT2D eigenvalue weighted by Crippen LogP contribution is 2.64. The van der Waals surface area contributed by atoms with Crippen LogP contribution < -0.4 is 5.32 Å². The number of dihydropyridines is 1. The van der Waals surface area contributed by atoms with Crippen LogP contribution in [0, 0.1) is 22.7 Å². The normalized spacial score (nSPS) is 15.1. The predicted molar refractivity (Wildman–Crippen MR) is 229 cm³/mol. The number of nitrogens with one attached hydrogen (secondary N) is 1. The van der Waals surface area contributed by atoms with E-state index in [0.717, 1.165) is 39.0 Å². The number of aromatic nitrogens is 1. The Morgan fingerprint density at radius 1 is 0.509 bits per heavy atom. The molecule has 0 amide bonds. The van der Waals surface area contributed by atoms with Crippen LogP contribution in [-0.4, -0.2) is 11.0 Å². The van der Waals surface area contributed by atoms with Crippen molar-refractivity contribution in [3.8, 4) is 67.8 Å². The molecule has 3 aliphatic rings. The third-order valence-corrected chi connectivity index (χ3v) is 12.1. The fourth-order valence-corrected chi connectivity index (χ4v) is 9.57. The minimum absolute atomic E-state index is 0.342. The van der Waals surface area contributed by atoms with Gasteiger partial charge in [-0.15, -0.1) is 0 Å². The molecule has 1 spiro atoms. The summed E-state index contributed by atoms with van der Waals surface area (Å²) in [5.74, 6) is 0. The third-order valence-electron chi connectivity index (χ3n) is 12.1. The zero-order valence-corrected chi connectivity index (χ0v) is 30.7. The van der Waals surface area contributed by atoms with Crippen molar-refractivity contribution < 1.29 is 0 Å². The topological polar surface area (TPSA) is 72.5 Å². The van der Waals surface area contributed by atoms with E-state index >= 15 is 0 Å². The van der Waals surface area contributed by atoms with Crippen molar-refractivity contribution in [2.24, 2.45) is 0 Å². The molecule has 0 radical (unpaired) electrons. The molecule has 0 saturated carbocycles. The second-order valence-corrected chi connectivity index (χ2v) is 14.9. The number of fused-ring (bicyclic) bond motifs is 12. The summed E-state index contributed by atoms with van der Waals surface area (Å²) < 4.78 is 0. The van der Waals surface area contributed by atoms with Gasteiger partial charge in [-0.3, -0.25) is 0 Å². The van der Waals surface area contributed by atoms with Crippen LogP contribution in [0.2, 0.25) is 0 Å². The third kappa shape index (κ3) is 4.82. The average molecular weight is 725 g/mol. The van der Waals surface area contributed by atoms with Gasteiger partial charge in [0.1, 0.15) is 17.8 Å². The first-order valence-corrected chi connectivity index (χ1v) is 19.2. The van der Waals surface area contributed by atoms with Crippen molar-refractivity contribution in [2.75, 3.05) is 0 Å². The first kappa shape index (κ1) is 32.6. The quantitative estimate of drug-likeness (QED) is 0.196. The summed E-state index contributed by atoms with van der Waals surface area (Å²) in [5.41, 5.74) is 18.9. The van der Waals surface area contributed by atoms with Crippen molar-refractivity contribution in [2.45, 2.75) is 11.5 Å². The van der Waals surface area contributed by atoms with Gasteiger partial charge in [-0.25, -0.2) is 4.98 Å². The lowest BCUT2D eigenvalue weighted by molar-refractivity contribution is 0.795. The highest BCUT2D eigenvalue weighted by Gasteiger charge is 2.52. The second-order valence-electron chi connectivity index (χ2n) is 14.9. The van der Waals surface area contributed by atoms with Crippen LogP contribution in [0.25, 0.3) is 72.0 Å². The summed E-state index contributed by atoms with van der Waals surface area (Å²) in [6.45, 7) is 0. The molecule has 8 aromatic rings. The molecule has 0 saturated heterocycles. The van der Waals surface area contributed by atoms with Crippen LogP contribution in [0.3, 0.4) is 0 Å². The van der Waals surface area contributed by atoms with Gasteiger partial charge in [0.15, 0.2) is 0 Å². The van der Waals surface area contributed by atoms with Gasteiger partial charge >= 0.3 is 0 Å². The van der Waals surface area contributed by atoms with Crippen molar-refractivity contribution >= 4 is 16.3 Å². The molecule has 11 rings (SSSR count). The number of allylic oxidation sites excluding steroid dienone is 2. The van der Waals surface area contributed by atoms with Crippen LogP contribution >= 0.6 is 0 Å². The fraction of sp³-hybridized carbons (Fsp3) is 0.0377. The van der Waals surface area contributed by atoms with E-state index < -0.39 is 5.41 Å². The van der Waals surface area contributed by atoms with Crippen LogP contribution in [0.1, 0.15) is 33.5 Å². The standard InChI is InChI=1S/C53H32N4/c54-31-40-27-38(23-25-56-40)34-15-13-33(14-16-34)37-21-22-46-50(29-37)53(48-11-5-3-8-43(48)44-9-4-6-12-49(44)53)51-30-47(42-7-1-2-10-45(42)52(46)51)36-19-17-35(18-20-36)39-24-26-57-41(28-39)32-55/h1-30,41,57H. The molecule has 0 bridgehead atoms. The van der Waals surface area contributed by atoms with Gasteiger partial charge in [0, 0.05) is 6.20 Å². The van der Waals surface area contributed by atoms with Crippen LogP contribution in [-0.2, 0) is 5.41 Å². The Kier molecular flexibility index (Phi) is 7.23. The Hall–Kier alpha value is -7.79. The van der Waals surface area contributed by atoms with Crippen LogP contribution in [0.4, 0.5) is 0 Å². The van der Waals surface area contributed by atoms with Gasteiger partial charge in [-0.2, -0.15) is 10.5 Å². The van der Waals surface area contributed by atoms with Gasteiger partial charge < -0.3 is 5.32 Å². The summed E-state index contributed by atoms with van der Waals surface area (Å²) in [5, 5.41) is 24.5. The summed E-state index contributed by atoms with van der Waals surface area (Å²) >= 11 is 0. The van der Waals surface area contributed by atoms with Crippen LogP contribution in [0.15, 0.2) is 182 Å². The number of hydrogen-bond acceptors (Lipinski definition) is 4.